The molecule has 1 aromatic heterocycles. The Labute approximate surface area is 92.1 Å². The fourth-order valence-corrected chi connectivity index (χ4v) is 1.72. The average molecular weight is 225 g/mol. The highest BCUT2D eigenvalue weighted by Gasteiger charge is 2.10. The molecule has 0 fully saturated rings. The van der Waals surface area contributed by atoms with Gasteiger partial charge in [-0.3, -0.25) is 0 Å². The molecule has 0 aliphatic heterocycles. The minimum absolute atomic E-state index is 0.0997. The Kier molecular flexibility index (Phi) is 2.49. The van der Waals surface area contributed by atoms with Crippen LogP contribution in [-0.4, -0.2) is 12.0 Å². The Bertz CT molecular complexity index is 525. The van der Waals surface area contributed by atoms with Gasteiger partial charge in [0.15, 0.2) is 5.82 Å². The summed E-state index contributed by atoms with van der Waals surface area (Å²) in [5.74, 6) is -0.464. The zero-order valence-corrected chi connectivity index (χ0v) is 9.19. The van der Waals surface area contributed by atoms with Crippen LogP contribution in [0.15, 0.2) is 18.2 Å². The van der Waals surface area contributed by atoms with Crippen molar-refractivity contribution in [1.82, 2.24) is 4.98 Å². The minimum atomic E-state index is -0.464. The van der Waals surface area contributed by atoms with Gasteiger partial charge < -0.3 is 5.32 Å². The third kappa shape index (κ3) is 1.63. The second-order valence-electron chi connectivity index (χ2n) is 3.32. The molecule has 1 aromatic carbocycles. The van der Waals surface area contributed by atoms with Crippen LogP contribution in [0.2, 0.25) is 5.02 Å². The van der Waals surface area contributed by atoms with E-state index in [1.807, 2.05) is 13.0 Å². The molecule has 0 saturated heterocycles. The number of halogens is 2. The molecule has 4 heteroatoms. The number of pyridine rings is 1. The van der Waals surface area contributed by atoms with Crippen molar-refractivity contribution in [2.45, 2.75) is 6.92 Å². The highest BCUT2D eigenvalue weighted by molar-refractivity contribution is 6.31. The quantitative estimate of drug-likeness (QED) is 0.803. The van der Waals surface area contributed by atoms with E-state index >= 15 is 0 Å². The molecular formula is C11H10ClFN2. The molecule has 15 heavy (non-hydrogen) atoms. The Hall–Kier alpha value is -1.35. The van der Waals surface area contributed by atoms with Crippen LogP contribution in [0.4, 0.5) is 10.1 Å². The van der Waals surface area contributed by atoms with Crippen LogP contribution >= 0.6 is 11.6 Å². The van der Waals surface area contributed by atoms with E-state index in [4.69, 9.17) is 11.6 Å². The molecule has 0 radical (unpaired) electrons. The zero-order valence-electron chi connectivity index (χ0n) is 8.44. The van der Waals surface area contributed by atoms with Crippen molar-refractivity contribution in [2.24, 2.45) is 0 Å². The monoisotopic (exact) mass is 224 g/mol. The number of hydrogen-bond donors (Lipinski definition) is 1. The van der Waals surface area contributed by atoms with E-state index in [2.05, 4.69) is 10.3 Å². The van der Waals surface area contributed by atoms with Gasteiger partial charge >= 0.3 is 0 Å². The molecule has 0 aliphatic rings. The summed E-state index contributed by atoms with van der Waals surface area (Å²) in [5, 5.41) is 3.85. The van der Waals surface area contributed by atoms with E-state index in [9.17, 15) is 4.39 Å². The number of aromatic nitrogens is 1. The number of nitrogens with zero attached hydrogens (tertiary/aromatic N) is 1. The number of benzene rings is 1. The van der Waals surface area contributed by atoms with Crippen molar-refractivity contribution >= 4 is 28.2 Å². The Morgan fingerprint density at radius 3 is 2.80 bits per heavy atom. The first-order chi connectivity index (χ1) is 7.13. The maximum absolute atomic E-state index is 13.7. The normalized spacial score (nSPS) is 10.7. The largest absolute Gasteiger partial charge is 0.388 e. The number of aryl methyl sites for hydroxylation is 1. The fourth-order valence-electron chi connectivity index (χ4n) is 1.57. The molecule has 78 valence electrons. The van der Waals surface area contributed by atoms with Crippen molar-refractivity contribution < 1.29 is 4.39 Å². The number of rotatable bonds is 1. The molecule has 1 heterocycles. The smallest absolute Gasteiger partial charge is 0.168 e. The number of hydrogen-bond acceptors (Lipinski definition) is 2. The molecule has 2 aromatic rings. The first kappa shape index (κ1) is 10.2. The first-order valence-corrected chi connectivity index (χ1v) is 4.94. The van der Waals surface area contributed by atoms with Gasteiger partial charge in [0.25, 0.3) is 0 Å². The van der Waals surface area contributed by atoms with E-state index < -0.39 is 5.82 Å². The van der Waals surface area contributed by atoms with E-state index in [0.29, 0.717) is 5.52 Å². The molecular weight excluding hydrogens is 215 g/mol. The molecule has 0 atom stereocenters. The van der Waals surface area contributed by atoms with Gasteiger partial charge in [-0.2, -0.15) is 0 Å². The lowest BCUT2D eigenvalue weighted by Crippen LogP contribution is -1.95. The van der Waals surface area contributed by atoms with Gasteiger partial charge in [-0.05, 0) is 25.1 Å². The summed E-state index contributed by atoms with van der Waals surface area (Å²) >= 11 is 5.70. The summed E-state index contributed by atoms with van der Waals surface area (Å²) in [6.07, 6.45) is 0. The van der Waals surface area contributed by atoms with E-state index in [-0.39, 0.29) is 5.02 Å². The fraction of sp³-hybridized carbons (Fsp3) is 0.182. The van der Waals surface area contributed by atoms with Crippen LogP contribution in [0, 0.1) is 12.7 Å². The summed E-state index contributed by atoms with van der Waals surface area (Å²) in [5.41, 5.74) is 1.92. The van der Waals surface area contributed by atoms with Crippen molar-refractivity contribution in [3.8, 4) is 0 Å². The van der Waals surface area contributed by atoms with Gasteiger partial charge in [-0.25, -0.2) is 9.37 Å². The summed E-state index contributed by atoms with van der Waals surface area (Å²) in [7, 11) is 1.79. The third-order valence-corrected chi connectivity index (χ3v) is 2.56. The van der Waals surface area contributed by atoms with Gasteiger partial charge in [-0.1, -0.05) is 11.6 Å². The Morgan fingerprint density at radius 2 is 2.13 bits per heavy atom. The lowest BCUT2D eigenvalue weighted by Gasteiger charge is -2.08. The average Bonchev–Trinajstić information content (AvgIpc) is 2.23. The lowest BCUT2D eigenvalue weighted by molar-refractivity contribution is 0.637. The molecule has 0 amide bonds. The molecule has 0 spiro atoms. The minimum Gasteiger partial charge on any atom is -0.388 e. The van der Waals surface area contributed by atoms with E-state index in [0.717, 1.165) is 16.8 Å². The number of nitrogens with one attached hydrogen (secondary N) is 1. The maximum Gasteiger partial charge on any atom is 0.168 e. The standard InChI is InChI=1S/C11H10ClFN2/c1-6-5-9(14-2)7-3-4-8(12)10(13)11(7)15-6/h3-5H,1-2H3,(H,14,15). The van der Waals surface area contributed by atoms with Crippen molar-refractivity contribution in [3.05, 3.63) is 34.7 Å². The van der Waals surface area contributed by atoms with E-state index in [1.165, 1.54) is 6.07 Å². The molecule has 0 aliphatic carbocycles. The second kappa shape index (κ2) is 3.66. The molecule has 1 N–H and O–H groups in total. The lowest BCUT2D eigenvalue weighted by atomic mass is 10.1. The van der Waals surface area contributed by atoms with Crippen molar-refractivity contribution in [1.29, 1.82) is 0 Å². The molecule has 0 bridgehead atoms. The predicted octanol–water partition coefficient (Wildman–Crippen LogP) is 3.38. The van der Waals surface area contributed by atoms with Gasteiger partial charge in [0.2, 0.25) is 0 Å². The van der Waals surface area contributed by atoms with Gasteiger partial charge in [0, 0.05) is 23.8 Å². The summed E-state index contributed by atoms with van der Waals surface area (Å²) < 4.78 is 13.7. The zero-order chi connectivity index (χ0) is 11.0. The SMILES string of the molecule is CNc1cc(C)nc2c(F)c(Cl)ccc12. The second-order valence-corrected chi connectivity index (χ2v) is 3.73. The molecule has 2 rings (SSSR count). The first-order valence-electron chi connectivity index (χ1n) is 4.56. The highest BCUT2D eigenvalue weighted by atomic mass is 35.5. The third-order valence-electron chi connectivity index (χ3n) is 2.27. The van der Waals surface area contributed by atoms with Gasteiger partial charge in [0.1, 0.15) is 5.52 Å². The van der Waals surface area contributed by atoms with Crippen LogP contribution in [0.5, 0.6) is 0 Å². The molecule has 0 saturated carbocycles. The highest BCUT2D eigenvalue weighted by Crippen LogP contribution is 2.28. The summed E-state index contributed by atoms with van der Waals surface area (Å²) in [6, 6.07) is 5.17. The number of anilines is 1. The number of fused-ring (bicyclic) bond motifs is 1. The maximum atomic E-state index is 13.7. The van der Waals surface area contributed by atoms with Crippen LogP contribution in [0.1, 0.15) is 5.69 Å². The summed E-state index contributed by atoms with van der Waals surface area (Å²) in [4.78, 5) is 4.15. The molecule has 2 nitrogen and oxygen atoms in total. The van der Waals surface area contributed by atoms with Gasteiger partial charge in [-0.15, -0.1) is 0 Å². The van der Waals surface area contributed by atoms with Crippen LogP contribution in [0.25, 0.3) is 10.9 Å². The van der Waals surface area contributed by atoms with Crippen LogP contribution in [-0.2, 0) is 0 Å². The van der Waals surface area contributed by atoms with Crippen molar-refractivity contribution in [2.75, 3.05) is 12.4 Å². The topological polar surface area (TPSA) is 24.9 Å². The Morgan fingerprint density at radius 1 is 1.40 bits per heavy atom. The van der Waals surface area contributed by atoms with Crippen molar-refractivity contribution in [3.63, 3.8) is 0 Å². The summed E-state index contributed by atoms with van der Waals surface area (Å²) in [6.45, 7) is 1.82. The van der Waals surface area contributed by atoms with E-state index in [1.54, 1.807) is 13.1 Å². The van der Waals surface area contributed by atoms with Crippen LogP contribution < -0.4 is 5.32 Å². The Balaban J connectivity index is 2.89. The van der Waals surface area contributed by atoms with Gasteiger partial charge in [0.05, 0.1) is 5.02 Å². The molecule has 0 unspecified atom stereocenters. The van der Waals surface area contributed by atoms with Crippen LogP contribution in [0.3, 0.4) is 0 Å². The predicted molar refractivity (Wildman–Crippen MR) is 61.0 cm³/mol.